The average molecular weight is 365 g/mol. The molecule has 1 aromatic heterocycles. The molecule has 1 aliphatic rings. The van der Waals surface area contributed by atoms with E-state index in [0.29, 0.717) is 0 Å². The molecule has 1 heterocycles. The van der Waals surface area contributed by atoms with Crippen LogP contribution in [0.5, 0.6) is 0 Å². The van der Waals surface area contributed by atoms with Crippen LogP contribution in [0.4, 0.5) is 0 Å². The van der Waals surface area contributed by atoms with E-state index in [-0.39, 0.29) is 0 Å². The highest BCUT2D eigenvalue weighted by molar-refractivity contribution is 9.10. The van der Waals surface area contributed by atoms with Gasteiger partial charge in [-0.3, -0.25) is 4.90 Å². The third kappa shape index (κ3) is 4.65. The highest BCUT2D eigenvalue weighted by Gasteiger charge is 2.20. The summed E-state index contributed by atoms with van der Waals surface area (Å²) in [6.07, 6.45) is 2.68. The van der Waals surface area contributed by atoms with Crippen molar-refractivity contribution in [3.8, 4) is 0 Å². The van der Waals surface area contributed by atoms with Crippen LogP contribution in [0.2, 0.25) is 0 Å². The Morgan fingerprint density at radius 2 is 2.10 bits per heavy atom. The van der Waals surface area contributed by atoms with Crippen molar-refractivity contribution in [3.05, 3.63) is 56.2 Å². The van der Waals surface area contributed by atoms with Gasteiger partial charge in [-0.25, -0.2) is 0 Å². The Labute approximate surface area is 139 Å². The SMILES string of the molecule is CN(Cc1ccsc1)Cc1ccc(CNC2CC2)cc1Br. The van der Waals surface area contributed by atoms with Crippen LogP contribution in [0.25, 0.3) is 0 Å². The van der Waals surface area contributed by atoms with E-state index < -0.39 is 0 Å². The zero-order valence-corrected chi connectivity index (χ0v) is 14.7. The van der Waals surface area contributed by atoms with Gasteiger partial charge in [0.15, 0.2) is 0 Å². The fourth-order valence-corrected chi connectivity index (χ4v) is 3.63. The van der Waals surface area contributed by atoms with Crippen LogP contribution >= 0.6 is 27.3 Å². The Hall–Kier alpha value is -0.680. The van der Waals surface area contributed by atoms with Crippen LogP contribution < -0.4 is 5.32 Å². The molecule has 0 unspecified atom stereocenters. The number of rotatable bonds is 7. The summed E-state index contributed by atoms with van der Waals surface area (Å²) in [5, 5.41) is 7.92. The molecule has 1 N–H and O–H groups in total. The lowest BCUT2D eigenvalue weighted by Gasteiger charge is -2.17. The van der Waals surface area contributed by atoms with E-state index in [1.807, 2.05) is 0 Å². The minimum Gasteiger partial charge on any atom is -0.310 e. The Balaban J connectivity index is 1.56. The van der Waals surface area contributed by atoms with E-state index in [1.54, 1.807) is 11.3 Å². The summed E-state index contributed by atoms with van der Waals surface area (Å²) in [4.78, 5) is 2.35. The largest absolute Gasteiger partial charge is 0.310 e. The lowest BCUT2D eigenvalue weighted by atomic mass is 10.1. The van der Waals surface area contributed by atoms with Gasteiger partial charge >= 0.3 is 0 Å². The highest BCUT2D eigenvalue weighted by atomic mass is 79.9. The van der Waals surface area contributed by atoms with Crippen molar-refractivity contribution in [2.45, 2.75) is 38.5 Å². The van der Waals surface area contributed by atoms with Crippen LogP contribution in [-0.4, -0.2) is 18.0 Å². The Morgan fingerprint density at radius 3 is 2.76 bits per heavy atom. The topological polar surface area (TPSA) is 15.3 Å². The molecule has 0 bridgehead atoms. The maximum atomic E-state index is 3.72. The van der Waals surface area contributed by atoms with Crippen molar-refractivity contribution in [3.63, 3.8) is 0 Å². The molecule has 112 valence electrons. The molecule has 0 aliphatic heterocycles. The molecule has 3 rings (SSSR count). The second kappa shape index (κ2) is 7.05. The molecule has 0 radical (unpaired) electrons. The Kier molecular flexibility index (Phi) is 5.11. The van der Waals surface area contributed by atoms with Gasteiger partial charge in [0.05, 0.1) is 0 Å². The van der Waals surface area contributed by atoms with E-state index in [9.17, 15) is 0 Å². The van der Waals surface area contributed by atoms with Gasteiger partial charge < -0.3 is 5.32 Å². The molecule has 0 saturated heterocycles. The van der Waals surface area contributed by atoms with Crippen LogP contribution in [-0.2, 0) is 19.6 Å². The number of hydrogen-bond acceptors (Lipinski definition) is 3. The predicted molar refractivity (Wildman–Crippen MR) is 93.5 cm³/mol. The molecular weight excluding hydrogens is 344 g/mol. The number of nitrogens with one attached hydrogen (secondary N) is 1. The second-order valence-electron chi connectivity index (χ2n) is 5.88. The Morgan fingerprint density at radius 1 is 1.24 bits per heavy atom. The first kappa shape index (κ1) is 15.2. The van der Waals surface area contributed by atoms with Crippen molar-refractivity contribution in [2.24, 2.45) is 0 Å². The van der Waals surface area contributed by atoms with E-state index in [2.05, 4.69) is 68.2 Å². The maximum Gasteiger partial charge on any atom is 0.0245 e. The number of benzene rings is 1. The molecule has 2 nitrogen and oxygen atoms in total. The zero-order chi connectivity index (χ0) is 14.7. The number of halogens is 1. The standard InChI is InChI=1S/C17H21BrN2S/c1-20(10-14-6-7-21-12-14)11-15-3-2-13(8-17(15)18)9-19-16-4-5-16/h2-3,6-8,12,16,19H,4-5,9-11H2,1H3. The summed E-state index contributed by atoms with van der Waals surface area (Å²) >= 11 is 5.49. The van der Waals surface area contributed by atoms with Crippen LogP contribution in [0.3, 0.4) is 0 Å². The molecule has 2 aromatic rings. The van der Waals surface area contributed by atoms with Gasteiger partial charge in [-0.05, 0) is 59.5 Å². The molecule has 1 saturated carbocycles. The third-order valence-corrected chi connectivity index (χ3v) is 5.23. The first-order chi connectivity index (χ1) is 10.2. The first-order valence-corrected chi connectivity index (χ1v) is 9.14. The summed E-state index contributed by atoms with van der Waals surface area (Å²) in [6.45, 7) is 2.95. The minimum absolute atomic E-state index is 0.764. The normalized spacial score (nSPS) is 14.8. The van der Waals surface area contributed by atoms with Crippen LogP contribution in [0, 0.1) is 0 Å². The molecule has 4 heteroatoms. The Bertz CT molecular complexity index is 578. The molecule has 21 heavy (non-hydrogen) atoms. The lowest BCUT2D eigenvalue weighted by molar-refractivity contribution is 0.319. The van der Waals surface area contributed by atoms with Crippen molar-refractivity contribution < 1.29 is 0 Å². The number of hydrogen-bond donors (Lipinski definition) is 1. The van der Waals surface area contributed by atoms with Gasteiger partial charge in [-0.1, -0.05) is 28.1 Å². The number of nitrogens with zero attached hydrogens (tertiary/aromatic N) is 1. The molecule has 1 aliphatic carbocycles. The minimum atomic E-state index is 0.764. The van der Waals surface area contributed by atoms with Crippen molar-refractivity contribution >= 4 is 27.3 Å². The van der Waals surface area contributed by atoms with E-state index in [0.717, 1.165) is 25.7 Å². The van der Waals surface area contributed by atoms with Crippen LogP contribution in [0.1, 0.15) is 29.5 Å². The van der Waals surface area contributed by atoms with Gasteiger partial charge in [-0.15, -0.1) is 0 Å². The zero-order valence-electron chi connectivity index (χ0n) is 12.3. The van der Waals surface area contributed by atoms with E-state index >= 15 is 0 Å². The monoisotopic (exact) mass is 364 g/mol. The summed E-state index contributed by atoms with van der Waals surface area (Å²) in [5.41, 5.74) is 4.10. The second-order valence-corrected chi connectivity index (χ2v) is 7.52. The maximum absolute atomic E-state index is 3.72. The van der Waals surface area contributed by atoms with Gasteiger partial charge in [0, 0.05) is 30.1 Å². The molecule has 0 amide bonds. The summed E-state index contributed by atoms with van der Waals surface area (Å²) in [5.74, 6) is 0. The van der Waals surface area contributed by atoms with E-state index in [1.165, 1.54) is 34.0 Å². The molecular formula is C17H21BrN2S. The smallest absolute Gasteiger partial charge is 0.0245 e. The van der Waals surface area contributed by atoms with Gasteiger partial charge in [0.2, 0.25) is 0 Å². The summed E-state index contributed by atoms with van der Waals surface area (Å²) < 4.78 is 1.22. The van der Waals surface area contributed by atoms with E-state index in [4.69, 9.17) is 0 Å². The summed E-state index contributed by atoms with van der Waals surface area (Å²) in [6, 6.07) is 9.71. The van der Waals surface area contributed by atoms with Crippen LogP contribution in [0.15, 0.2) is 39.5 Å². The van der Waals surface area contributed by atoms with Gasteiger partial charge in [0.25, 0.3) is 0 Å². The first-order valence-electron chi connectivity index (χ1n) is 7.41. The highest BCUT2D eigenvalue weighted by Crippen LogP contribution is 2.23. The van der Waals surface area contributed by atoms with Crippen molar-refractivity contribution in [1.82, 2.24) is 10.2 Å². The van der Waals surface area contributed by atoms with Crippen molar-refractivity contribution in [1.29, 1.82) is 0 Å². The lowest BCUT2D eigenvalue weighted by Crippen LogP contribution is -2.18. The molecule has 0 atom stereocenters. The average Bonchev–Trinajstić information content (AvgIpc) is 3.16. The fraction of sp³-hybridized carbons (Fsp3) is 0.412. The molecule has 1 fully saturated rings. The third-order valence-electron chi connectivity index (χ3n) is 3.76. The molecule has 0 spiro atoms. The molecule has 1 aromatic carbocycles. The quantitative estimate of drug-likeness (QED) is 0.783. The van der Waals surface area contributed by atoms with Crippen molar-refractivity contribution in [2.75, 3.05) is 7.05 Å². The number of thiophene rings is 1. The predicted octanol–water partition coefficient (Wildman–Crippen LogP) is 4.39. The van der Waals surface area contributed by atoms with Gasteiger partial charge in [-0.2, -0.15) is 11.3 Å². The summed E-state index contributed by atoms with van der Waals surface area (Å²) in [7, 11) is 2.17. The fourth-order valence-electron chi connectivity index (χ4n) is 2.42. The van der Waals surface area contributed by atoms with Gasteiger partial charge in [0.1, 0.15) is 0 Å².